The minimum Gasteiger partial charge on any atom is -0.345 e. The number of hydrogen-bond donors (Lipinski definition) is 0. The fraction of sp³-hybridized carbons (Fsp3) is 0.235. The van der Waals surface area contributed by atoms with E-state index in [1.54, 1.807) is 29.6 Å². The van der Waals surface area contributed by atoms with Crippen LogP contribution in [0.25, 0.3) is 11.3 Å². The van der Waals surface area contributed by atoms with E-state index < -0.39 is 14.9 Å². The first-order chi connectivity index (χ1) is 13.4. The lowest BCUT2D eigenvalue weighted by molar-refractivity contribution is -0.384. The van der Waals surface area contributed by atoms with Gasteiger partial charge in [-0.25, -0.2) is 13.4 Å². The molecule has 3 aromatic rings. The Labute approximate surface area is 169 Å². The number of non-ortho nitro benzene ring substituents is 1. The summed E-state index contributed by atoms with van der Waals surface area (Å²) in [7, 11) is -3.43. The van der Waals surface area contributed by atoms with E-state index in [1.165, 1.54) is 39.1 Å². The summed E-state index contributed by atoms with van der Waals surface area (Å²) in [5, 5.41) is 15.4. The highest BCUT2D eigenvalue weighted by molar-refractivity contribution is 7.91. The van der Waals surface area contributed by atoms with Gasteiger partial charge in [-0.2, -0.15) is 4.31 Å². The van der Waals surface area contributed by atoms with Crippen LogP contribution in [0.15, 0.2) is 51.4 Å². The highest BCUT2D eigenvalue weighted by Gasteiger charge is 2.30. The Morgan fingerprint density at radius 1 is 1.07 bits per heavy atom. The van der Waals surface area contributed by atoms with E-state index in [2.05, 4.69) is 4.98 Å². The molecule has 11 heteroatoms. The molecule has 146 valence electrons. The summed E-state index contributed by atoms with van der Waals surface area (Å²) in [6, 6.07) is 9.74. The predicted molar refractivity (Wildman–Crippen MR) is 109 cm³/mol. The predicted octanol–water partition coefficient (Wildman–Crippen LogP) is 3.29. The first kappa shape index (κ1) is 19.0. The number of piperazine rings is 1. The molecule has 4 rings (SSSR count). The summed E-state index contributed by atoms with van der Waals surface area (Å²) >= 11 is 2.67. The van der Waals surface area contributed by atoms with Crippen molar-refractivity contribution in [3.8, 4) is 11.3 Å². The quantitative estimate of drug-likeness (QED) is 0.450. The van der Waals surface area contributed by atoms with Gasteiger partial charge in [0.25, 0.3) is 15.7 Å². The molecule has 1 aliphatic heterocycles. The van der Waals surface area contributed by atoms with Gasteiger partial charge in [0.1, 0.15) is 4.21 Å². The van der Waals surface area contributed by atoms with Gasteiger partial charge in [-0.3, -0.25) is 10.1 Å². The van der Waals surface area contributed by atoms with Gasteiger partial charge in [-0.15, -0.1) is 22.7 Å². The van der Waals surface area contributed by atoms with Gasteiger partial charge in [0.05, 0.1) is 10.6 Å². The Balaban J connectivity index is 1.46. The van der Waals surface area contributed by atoms with Gasteiger partial charge in [-0.1, -0.05) is 18.2 Å². The van der Waals surface area contributed by atoms with Crippen molar-refractivity contribution in [1.29, 1.82) is 0 Å². The molecule has 28 heavy (non-hydrogen) atoms. The summed E-state index contributed by atoms with van der Waals surface area (Å²) in [5.74, 6) is 0. The van der Waals surface area contributed by atoms with Gasteiger partial charge in [0.2, 0.25) is 0 Å². The first-order valence-electron chi connectivity index (χ1n) is 8.44. The topological polar surface area (TPSA) is 96.6 Å². The molecule has 0 radical (unpaired) electrons. The second-order valence-corrected chi connectivity index (χ2v) is 10.1. The molecule has 8 nitrogen and oxygen atoms in total. The molecule has 0 unspecified atom stereocenters. The maximum atomic E-state index is 12.6. The van der Waals surface area contributed by atoms with Crippen molar-refractivity contribution in [2.45, 2.75) is 4.21 Å². The van der Waals surface area contributed by atoms with E-state index in [-0.39, 0.29) is 5.69 Å². The highest BCUT2D eigenvalue weighted by atomic mass is 32.2. The van der Waals surface area contributed by atoms with Crippen molar-refractivity contribution < 1.29 is 13.3 Å². The zero-order valence-electron chi connectivity index (χ0n) is 14.6. The lowest BCUT2D eigenvalue weighted by Gasteiger charge is -2.33. The average molecular weight is 437 g/mol. The van der Waals surface area contributed by atoms with Crippen LogP contribution in [-0.2, 0) is 10.0 Å². The second-order valence-electron chi connectivity index (χ2n) is 6.15. The molecule has 1 aromatic carbocycles. The van der Waals surface area contributed by atoms with Gasteiger partial charge in [0, 0.05) is 49.3 Å². The maximum Gasteiger partial charge on any atom is 0.270 e. The Bertz CT molecular complexity index is 1090. The first-order valence-corrected chi connectivity index (χ1v) is 11.6. The SMILES string of the molecule is O=[N+]([O-])c1cccc(-c2csc(N3CCN(S(=O)(=O)c4cccs4)CC3)n2)c1. The summed E-state index contributed by atoms with van der Waals surface area (Å²) in [6.07, 6.45) is 0. The summed E-state index contributed by atoms with van der Waals surface area (Å²) in [6.45, 7) is 1.89. The number of aromatic nitrogens is 1. The molecule has 0 atom stereocenters. The third kappa shape index (κ3) is 3.65. The van der Waals surface area contributed by atoms with E-state index in [0.717, 1.165) is 5.13 Å². The fourth-order valence-electron chi connectivity index (χ4n) is 2.98. The van der Waals surface area contributed by atoms with Crippen LogP contribution in [0.1, 0.15) is 0 Å². The summed E-state index contributed by atoms with van der Waals surface area (Å²) in [4.78, 5) is 17.2. The normalized spacial score (nSPS) is 15.6. The van der Waals surface area contributed by atoms with Gasteiger partial charge in [-0.05, 0) is 11.4 Å². The minimum atomic E-state index is -3.43. The largest absolute Gasteiger partial charge is 0.345 e. The van der Waals surface area contributed by atoms with Crippen LogP contribution in [0.2, 0.25) is 0 Å². The van der Waals surface area contributed by atoms with E-state index in [0.29, 0.717) is 41.6 Å². The lowest BCUT2D eigenvalue weighted by atomic mass is 10.1. The van der Waals surface area contributed by atoms with Crippen molar-refractivity contribution in [3.05, 3.63) is 57.3 Å². The molecule has 0 aliphatic carbocycles. The van der Waals surface area contributed by atoms with Crippen molar-refractivity contribution in [3.63, 3.8) is 0 Å². The molecule has 0 amide bonds. The van der Waals surface area contributed by atoms with Crippen LogP contribution in [0.3, 0.4) is 0 Å². The minimum absolute atomic E-state index is 0.0273. The smallest absolute Gasteiger partial charge is 0.270 e. The van der Waals surface area contributed by atoms with Crippen LogP contribution in [0.5, 0.6) is 0 Å². The number of benzene rings is 1. The van der Waals surface area contributed by atoms with Crippen LogP contribution in [-0.4, -0.2) is 48.8 Å². The van der Waals surface area contributed by atoms with Crippen LogP contribution < -0.4 is 4.90 Å². The molecular formula is C17H16N4O4S3. The number of nitrogens with zero attached hydrogens (tertiary/aromatic N) is 4. The molecule has 1 saturated heterocycles. The number of anilines is 1. The Hall–Kier alpha value is -2.34. The Morgan fingerprint density at radius 3 is 2.54 bits per heavy atom. The van der Waals surface area contributed by atoms with E-state index >= 15 is 0 Å². The number of sulfonamides is 1. The molecule has 1 aliphatic rings. The molecule has 2 aromatic heterocycles. The zero-order chi connectivity index (χ0) is 19.7. The number of thiophene rings is 1. The van der Waals surface area contributed by atoms with E-state index in [4.69, 9.17) is 0 Å². The molecule has 0 N–H and O–H groups in total. The fourth-order valence-corrected chi connectivity index (χ4v) is 6.43. The molecule has 1 fully saturated rings. The molecule has 0 bridgehead atoms. The number of rotatable bonds is 5. The number of nitro groups is 1. The molecule has 0 spiro atoms. The summed E-state index contributed by atoms with van der Waals surface area (Å²) in [5.41, 5.74) is 1.40. The Kier molecular flexibility index (Phi) is 5.15. The second kappa shape index (κ2) is 7.59. The van der Waals surface area contributed by atoms with Crippen molar-refractivity contribution >= 4 is 43.5 Å². The summed E-state index contributed by atoms with van der Waals surface area (Å²) < 4.78 is 27.1. The van der Waals surface area contributed by atoms with Crippen LogP contribution in [0, 0.1) is 10.1 Å². The van der Waals surface area contributed by atoms with Crippen LogP contribution >= 0.6 is 22.7 Å². The third-order valence-electron chi connectivity index (χ3n) is 4.44. The van der Waals surface area contributed by atoms with Gasteiger partial charge in [0.15, 0.2) is 5.13 Å². The molecular weight excluding hydrogens is 420 g/mol. The highest BCUT2D eigenvalue weighted by Crippen LogP contribution is 2.30. The zero-order valence-corrected chi connectivity index (χ0v) is 17.0. The van der Waals surface area contributed by atoms with Crippen molar-refractivity contribution in [1.82, 2.24) is 9.29 Å². The van der Waals surface area contributed by atoms with Crippen molar-refractivity contribution in [2.24, 2.45) is 0 Å². The van der Waals surface area contributed by atoms with Crippen LogP contribution in [0.4, 0.5) is 10.8 Å². The van der Waals surface area contributed by atoms with Gasteiger partial charge < -0.3 is 4.90 Å². The number of nitro benzene ring substituents is 1. The van der Waals surface area contributed by atoms with Gasteiger partial charge >= 0.3 is 0 Å². The Morgan fingerprint density at radius 2 is 1.86 bits per heavy atom. The molecule has 0 saturated carbocycles. The standard InChI is InChI=1S/C17H16N4O4S3/c22-21(23)14-4-1-3-13(11-14)15-12-27-17(18-15)19-6-8-20(9-7-19)28(24,25)16-5-2-10-26-16/h1-5,10-12H,6-9H2. The van der Waals surface area contributed by atoms with E-state index in [1.807, 2.05) is 10.3 Å². The lowest BCUT2D eigenvalue weighted by Crippen LogP contribution is -2.48. The number of hydrogen-bond acceptors (Lipinski definition) is 8. The maximum absolute atomic E-state index is 12.6. The monoisotopic (exact) mass is 436 g/mol. The van der Waals surface area contributed by atoms with Crippen molar-refractivity contribution in [2.75, 3.05) is 31.1 Å². The average Bonchev–Trinajstić information content (AvgIpc) is 3.41. The number of thiazole rings is 1. The molecule has 3 heterocycles. The van der Waals surface area contributed by atoms with E-state index in [9.17, 15) is 18.5 Å². The third-order valence-corrected chi connectivity index (χ3v) is 8.62.